The van der Waals surface area contributed by atoms with Gasteiger partial charge in [0.15, 0.2) is 0 Å². The second-order valence-electron chi connectivity index (χ2n) is 5.25. The minimum Gasteiger partial charge on any atom is -0.491 e. The van der Waals surface area contributed by atoms with Gasteiger partial charge in [0, 0.05) is 25.3 Å². The van der Waals surface area contributed by atoms with Crippen LogP contribution in [0.3, 0.4) is 0 Å². The Labute approximate surface area is 110 Å². The highest BCUT2D eigenvalue weighted by Gasteiger charge is 2.19. The number of ether oxygens (including phenoxy) is 1. The molecule has 0 heterocycles. The molecule has 18 heavy (non-hydrogen) atoms. The third-order valence-electron chi connectivity index (χ3n) is 3.66. The molecule has 100 valence electrons. The highest BCUT2D eigenvalue weighted by atomic mass is 16.5. The van der Waals surface area contributed by atoms with Crippen LogP contribution in [-0.2, 0) is 0 Å². The molecule has 2 rings (SSSR count). The SMILES string of the molecule is CCCOc1cc(N(C)CC2CCC2)ccc1N. The summed E-state index contributed by atoms with van der Waals surface area (Å²) in [7, 11) is 2.15. The van der Waals surface area contributed by atoms with E-state index >= 15 is 0 Å². The van der Waals surface area contributed by atoms with Crippen molar-refractivity contribution in [2.75, 3.05) is 30.8 Å². The summed E-state index contributed by atoms with van der Waals surface area (Å²) in [6.45, 7) is 3.96. The zero-order valence-corrected chi connectivity index (χ0v) is 11.5. The van der Waals surface area contributed by atoms with E-state index in [4.69, 9.17) is 10.5 Å². The highest BCUT2D eigenvalue weighted by Crippen LogP contribution is 2.31. The molecule has 1 aromatic carbocycles. The van der Waals surface area contributed by atoms with E-state index in [2.05, 4.69) is 31.0 Å². The number of nitrogen functional groups attached to an aromatic ring is 1. The molecule has 0 bridgehead atoms. The van der Waals surface area contributed by atoms with Gasteiger partial charge in [0.2, 0.25) is 0 Å². The molecule has 1 aromatic rings. The number of nitrogens with two attached hydrogens (primary N) is 1. The predicted octanol–water partition coefficient (Wildman–Crippen LogP) is 3.29. The van der Waals surface area contributed by atoms with Crippen molar-refractivity contribution in [1.82, 2.24) is 0 Å². The number of benzene rings is 1. The van der Waals surface area contributed by atoms with Gasteiger partial charge in [-0.1, -0.05) is 13.3 Å². The number of hydrogen-bond donors (Lipinski definition) is 1. The molecule has 0 aliphatic heterocycles. The van der Waals surface area contributed by atoms with Crippen LogP contribution in [0.2, 0.25) is 0 Å². The average Bonchev–Trinajstić information content (AvgIpc) is 2.32. The normalized spacial score (nSPS) is 15.2. The van der Waals surface area contributed by atoms with Gasteiger partial charge in [-0.05, 0) is 37.3 Å². The van der Waals surface area contributed by atoms with E-state index in [0.29, 0.717) is 0 Å². The van der Waals surface area contributed by atoms with E-state index in [1.165, 1.54) is 24.9 Å². The first-order valence-electron chi connectivity index (χ1n) is 6.94. The first kappa shape index (κ1) is 13.1. The summed E-state index contributed by atoms with van der Waals surface area (Å²) in [5.74, 6) is 1.68. The van der Waals surface area contributed by atoms with Gasteiger partial charge in [0.25, 0.3) is 0 Å². The van der Waals surface area contributed by atoms with E-state index in [-0.39, 0.29) is 0 Å². The van der Waals surface area contributed by atoms with Crippen LogP contribution in [0.5, 0.6) is 5.75 Å². The molecule has 0 atom stereocenters. The van der Waals surface area contributed by atoms with E-state index in [1.807, 2.05) is 6.07 Å². The zero-order chi connectivity index (χ0) is 13.0. The van der Waals surface area contributed by atoms with Crippen molar-refractivity contribution >= 4 is 11.4 Å². The molecule has 1 fully saturated rings. The Kier molecular flexibility index (Phi) is 4.34. The van der Waals surface area contributed by atoms with Crippen molar-refractivity contribution in [1.29, 1.82) is 0 Å². The standard InChI is InChI=1S/C15H24N2O/c1-3-9-18-15-10-13(7-8-14(15)16)17(2)11-12-5-4-6-12/h7-8,10,12H,3-6,9,11,16H2,1-2H3. The van der Waals surface area contributed by atoms with E-state index in [1.54, 1.807) is 0 Å². The summed E-state index contributed by atoms with van der Waals surface area (Å²) in [5, 5.41) is 0. The lowest BCUT2D eigenvalue weighted by atomic mass is 9.85. The molecule has 1 aliphatic rings. The highest BCUT2D eigenvalue weighted by molar-refractivity contribution is 5.62. The molecule has 0 spiro atoms. The maximum atomic E-state index is 5.93. The molecule has 1 saturated carbocycles. The number of anilines is 2. The topological polar surface area (TPSA) is 38.5 Å². The Bertz CT molecular complexity index is 388. The maximum absolute atomic E-state index is 5.93. The van der Waals surface area contributed by atoms with Gasteiger partial charge in [-0.3, -0.25) is 0 Å². The van der Waals surface area contributed by atoms with E-state index in [0.717, 1.165) is 36.9 Å². The van der Waals surface area contributed by atoms with Crippen molar-refractivity contribution in [3.05, 3.63) is 18.2 Å². The second kappa shape index (κ2) is 5.98. The zero-order valence-electron chi connectivity index (χ0n) is 11.5. The first-order valence-corrected chi connectivity index (χ1v) is 6.94. The van der Waals surface area contributed by atoms with Gasteiger partial charge >= 0.3 is 0 Å². The van der Waals surface area contributed by atoms with Crippen molar-refractivity contribution in [2.45, 2.75) is 32.6 Å². The summed E-state index contributed by atoms with van der Waals surface area (Å²) in [4.78, 5) is 2.31. The molecule has 0 aromatic heterocycles. The van der Waals surface area contributed by atoms with Crippen LogP contribution < -0.4 is 15.4 Å². The predicted molar refractivity (Wildman–Crippen MR) is 77.3 cm³/mol. The first-order chi connectivity index (χ1) is 8.70. The number of rotatable bonds is 6. The summed E-state index contributed by atoms with van der Waals surface area (Å²) >= 11 is 0. The second-order valence-corrected chi connectivity index (χ2v) is 5.25. The van der Waals surface area contributed by atoms with Crippen LogP contribution in [0.25, 0.3) is 0 Å². The van der Waals surface area contributed by atoms with Crippen LogP contribution in [0.15, 0.2) is 18.2 Å². The monoisotopic (exact) mass is 248 g/mol. The average molecular weight is 248 g/mol. The minimum atomic E-state index is 0.722. The largest absolute Gasteiger partial charge is 0.491 e. The Morgan fingerprint density at radius 1 is 1.39 bits per heavy atom. The molecule has 3 nitrogen and oxygen atoms in total. The summed E-state index contributed by atoms with van der Waals surface area (Å²) in [5.41, 5.74) is 7.85. The van der Waals surface area contributed by atoms with Crippen molar-refractivity contribution < 1.29 is 4.74 Å². The lowest BCUT2D eigenvalue weighted by molar-refractivity contribution is 0.317. The molecule has 0 amide bonds. The number of hydrogen-bond acceptors (Lipinski definition) is 3. The molecule has 0 unspecified atom stereocenters. The summed E-state index contributed by atoms with van der Waals surface area (Å²) in [6, 6.07) is 6.08. The molecule has 3 heteroatoms. The molecule has 0 saturated heterocycles. The maximum Gasteiger partial charge on any atom is 0.144 e. The van der Waals surface area contributed by atoms with Crippen LogP contribution >= 0.6 is 0 Å². The third kappa shape index (κ3) is 3.09. The van der Waals surface area contributed by atoms with Crippen molar-refractivity contribution in [3.63, 3.8) is 0 Å². The Morgan fingerprint density at radius 2 is 2.17 bits per heavy atom. The molecular weight excluding hydrogens is 224 g/mol. The Morgan fingerprint density at radius 3 is 2.78 bits per heavy atom. The molecule has 1 aliphatic carbocycles. The van der Waals surface area contributed by atoms with Gasteiger partial charge < -0.3 is 15.4 Å². The third-order valence-corrected chi connectivity index (χ3v) is 3.66. The number of nitrogens with zero attached hydrogens (tertiary/aromatic N) is 1. The smallest absolute Gasteiger partial charge is 0.144 e. The molecule has 0 radical (unpaired) electrons. The molecule has 2 N–H and O–H groups in total. The van der Waals surface area contributed by atoms with E-state index < -0.39 is 0 Å². The van der Waals surface area contributed by atoms with Gasteiger partial charge in [-0.15, -0.1) is 0 Å². The van der Waals surface area contributed by atoms with Crippen LogP contribution in [0, 0.1) is 5.92 Å². The van der Waals surface area contributed by atoms with E-state index in [9.17, 15) is 0 Å². The fraction of sp³-hybridized carbons (Fsp3) is 0.600. The van der Waals surface area contributed by atoms with Gasteiger partial charge in [0.1, 0.15) is 5.75 Å². The quantitative estimate of drug-likeness (QED) is 0.785. The molecular formula is C15H24N2O. The van der Waals surface area contributed by atoms with Crippen LogP contribution in [0.1, 0.15) is 32.6 Å². The summed E-state index contributed by atoms with van der Waals surface area (Å²) < 4.78 is 5.67. The lowest BCUT2D eigenvalue weighted by Crippen LogP contribution is -2.29. The van der Waals surface area contributed by atoms with Crippen molar-refractivity contribution in [2.24, 2.45) is 5.92 Å². The summed E-state index contributed by atoms with van der Waals surface area (Å²) in [6.07, 6.45) is 5.14. The fourth-order valence-electron chi connectivity index (χ4n) is 2.27. The Hall–Kier alpha value is -1.38. The van der Waals surface area contributed by atoms with Crippen molar-refractivity contribution in [3.8, 4) is 5.75 Å². The van der Waals surface area contributed by atoms with Gasteiger partial charge in [-0.2, -0.15) is 0 Å². The van der Waals surface area contributed by atoms with Gasteiger partial charge in [-0.25, -0.2) is 0 Å². The lowest BCUT2D eigenvalue weighted by Gasteiger charge is -2.31. The minimum absolute atomic E-state index is 0.722. The van der Waals surface area contributed by atoms with Gasteiger partial charge in [0.05, 0.1) is 12.3 Å². The van der Waals surface area contributed by atoms with Crippen LogP contribution in [-0.4, -0.2) is 20.2 Å². The fourth-order valence-corrected chi connectivity index (χ4v) is 2.27. The van der Waals surface area contributed by atoms with Crippen LogP contribution in [0.4, 0.5) is 11.4 Å². The Balaban J connectivity index is 2.02.